The van der Waals surface area contributed by atoms with Gasteiger partial charge in [-0.2, -0.15) is 0 Å². The number of amides is 1. The molecule has 5 heteroatoms. The zero-order chi connectivity index (χ0) is 12.0. The van der Waals surface area contributed by atoms with Gasteiger partial charge < -0.3 is 9.88 Å². The van der Waals surface area contributed by atoms with Gasteiger partial charge in [0.15, 0.2) is 0 Å². The first kappa shape index (κ1) is 13.0. The number of nitrogens with zero attached hydrogens (tertiary/aromatic N) is 1. The fourth-order valence-electron chi connectivity index (χ4n) is 1.41. The Balaban J connectivity index is 2.78. The minimum absolute atomic E-state index is 0.0884. The normalized spacial score (nSPS) is 10.1. The summed E-state index contributed by atoms with van der Waals surface area (Å²) in [7, 11) is 0. The summed E-state index contributed by atoms with van der Waals surface area (Å²) in [6.45, 7) is 3.28. The molecule has 0 aliphatic heterocycles. The number of hydrogen-bond acceptors (Lipinski definition) is 2. The molecule has 1 amide bonds. The summed E-state index contributed by atoms with van der Waals surface area (Å²) in [6.07, 6.45) is 2.40. The Morgan fingerprint density at radius 2 is 2.31 bits per heavy atom. The first-order chi connectivity index (χ1) is 7.69. The van der Waals surface area contributed by atoms with Crippen molar-refractivity contribution in [1.82, 2.24) is 9.88 Å². The Morgan fingerprint density at radius 1 is 1.56 bits per heavy atom. The second-order valence-electron chi connectivity index (χ2n) is 3.37. The van der Waals surface area contributed by atoms with E-state index in [0.717, 1.165) is 11.8 Å². The van der Waals surface area contributed by atoms with Crippen LogP contribution >= 0.6 is 15.9 Å². The van der Waals surface area contributed by atoms with Crippen molar-refractivity contribution in [2.45, 2.75) is 13.3 Å². The van der Waals surface area contributed by atoms with Gasteiger partial charge in [0.25, 0.3) is 5.91 Å². The van der Waals surface area contributed by atoms with Crippen molar-refractivity contribution in [2.75, 3.05) is 18.4 Å². The molecule has 16 heavy (non-hydrogen) atoms. The van der Waals surface area contributed by atoms with Gasteiger partial charge in [0.2, 0.25) is 5.56 Å². The van der Waals surface area contributed by atoms with Crippen LogP contribution in [-0.2, 0) is 0 Å². The molecule has 0 aliphatic carbocycles. The average molecular weight is 287 g/mol. The summed E-state index contributed by atoms with van der Waals surface area (Å²) >= 11 is 3.33. The number of pyridine rings is 1. The second kappa shape index (κ2) is 6.48. The van der Waals surface area contributed by atoms with E-state index < -0.39 is 0 Å². The molecule has 1 N–H and O–H groups in total. The van der Waals surface area contributed by atoms with Gasteiger partial charge in [-0.15, -0.1) is 0 Å². The largest absolute Gasteiger partial charge is 0.339 e. The van der Waals surface area contributed by atoms with Crippen LogP contribution in [0, 0.1) is 0 Å². The van der Waals surface area contributed by atoms with Crippen molar-refractivity contribution >= 4 is 21.8 Å². The van der Waals surface area contributed by atoms with Crippen LogP contribution in [0.5, 0.6) is 0 Å². The number of hydrogen-bond donors (Lipinski definition) is 1. The predicted molar refractivity (Wildman–Crippen MR) is 67.1 cm³/mol. The highest BCUT2D eigenvalue weighted by atomic mass is 79.9. The lowest BCUT2D eigenvalue weighted by Gasteiger charge is -2.20. The summed E-state index contributed by atoms with van der Waals surface area (Å²) in [4.78, 5) is 27.3. The summed E-state index contributed by atoms with van der Waals surface area (Å²) < 4.78 is 0. The molecule has 0 radical (unpaired) electrons. The van der Waals surface area contributed by atoms with Crippen molar-refractivity contribution in [3.63, 3.8) is 0 Å². The van der Waals surface area contributed by atoms with Crippen LogP contribution in [0.15, 0.2) is 23.1 Å². The smallest absolute Gasteiger partial charge is 0.254 e. The summed E-state index contributed by atoms with van der Waals surface area (Å²) in [6, 6.07) is 2.96. The Hall–Kier alpha value is -1.10. The van der Waals surface area contributed by atoms with E-state index in [2.05, 4.69) is 20.9 Å². The molecule has 1 aromatic heterocycles. The van der Waals surface area contributed by atoms with Gasteiger partial charge in [0.05, 0.1) is 0 Å². The van der Waals surface area contributed by atoms with Crippen LogP contribution in [0.1, 0.15) is 23.7 Å². The molecule has 0 aromatic carbocycles. The number of aromatic amines is 1. The molecular weight excluding hydrogens is 272 g/mol. The van der Waals surface area contributed by atoms with E-state index in [0.29, 0.717) is 18.7 Å². The maximum atomic E-state index is 12.0. The molecule has 0 bridgehead atoms. The number of nitrogens with one attached hydrogen (secondary N) is 1. The fraction of sp³-hybridized carbons (Fsp3) is 0.455. The molecule has 1 heterocycles. The summed E-state index contributed by atoms with van der Waals surface area (Å²) in [5.41, 5.74) is 0.197. The standard InChI is InChI=1S/C11H15BrN2O2/c1-2-14(7-3-5-12)11(16)9-4-6-13-10(15)8-9/h4,6,8H,2-3,5,7H2,1H3,(H,13,15). The zero-order valence-electron chi connectivity index (χ0n) is 9.20. The second-order valence-corrected chi connectivity index (χ2v) is 4.16. The third kappa shape index (κ3) is 3.48. The van der Waals surface area contributed by atoms with Crippen LogP contribution in [0.4, 0.5) is 0 Å². The zero-order valence-corrected chi connectivity index (χ0v) is 10.8. The van der Waals surface area contributed by atoms with Gasteiger partial charge >= 0.3 is 0 Å². The quantitative estimate of drug-likeness (QED) is 0.837. The van der Waals surface area contributed by atoms with Crippen molar-refractivity contribution in [1.29, 1.82) is 0 Å². The molecule has 0 saturated heterocycles. The molecule has 0 fully saturated rings. The number of halogens is 1. The number of aromatic nitrogens is 1. The Labute approximate surface area is 103 Å². The molecular formula is C11H15BrN2O2. The van der Waals surface area contributed by atoms with Gasteiger partial charge in [-0.05, 0) is 19.4 Å². The van der Waals surface area contributed by atoms with E-state index in [9.17, 15) is 9.59 Å². The number of carbonyl (C=O) groups is 1. The lowest BCUT2D eigenvalue weighted by Crippen LogP contribution is -2.32. The van der Waals surface area contributed by atoms with Crippen LogP contribution in [0.3, 0.4) is 0 Å². The number of H-pyrrole nitrogens is 1. The molecule has 88 valence electrons. The van der Waals surface area contributed by atoms with Gasteiger partial charge in [0, 0.05) is 36.2 Å². The van der Waals surface area contributed by atoms with Gasteiger partial charge in [0.1, 0.15) is 0 Å². The number of alkyl halides is 1. The van der Waals surface area contributed by atoms with Crippen LogP contribution in [0.2, 0.25) is 0 Å². The molecule has 0 spiro atoms. The highest BCUT2D eigenvalue weighted by molar-refractivity contribution is 9.09. The van der Waals surface area contributed by atoms with E-state index in [-0.39, 0.29) is 11.5 Å². The van der Waals surface area contributed by atoms with Crippen molar-refractivity contribution in [3.05, 3.63) is 34.2 Å². The molecule has 0 atom stereocenters. The van der Waals surface area contributed by atoms with Crippen LogP contribution in [0.25, 0.3) is 0 Å². The minimum atomic E-state index is -0.248. The topological polar surface area (TPSA) is 53.2 Å². The van der Waals surface area contributed by atoms with Crippen LogP contribution in [-0.4, -0.2) is 34.2 Å². The first-order valence-corrected chi connectivity index (χ1v) is 6.35. The lowest BCUT2D eigenvalue weighted by molar-refractivity contribution is 0.0765. The lowest BCUT2D eigenvalue weighted by atomic mass is 10.2. The van der Waals surface area contributed by atoms with Gasteiger partial charge in [-0.25, -0.2) is 0 Å². The SMILES string of the molecule is CCN(CCCBr)C(=O)c1cc[nH]c(=O)c1. The minimum Gasteiger partial charge on any atom is -0.339 e. The number of carbonyl (C=O) groups excluding carboxylic acids is 1. The van der Waals surface area contributed by atoms with Crippen molar-refractivity contribution in [2.24, 2.45) is 0 Å². The maximum absolute atomic E-state index is 12.0. The molecule has 0 aliphatic rings. The molecule has 0 unspecified atom stereocenters. The summed E-state index contributed by atoms with van der Waals surface area (Å²) in [5.74, 6) is -0.0884. The van der Waals surface area contributed by atoms with Crippen molar-refractivity contribution in [3.8, 4) is 0 Å². The fourth-order valence-corrected chi connectivity index (χ4v) is 1.66. The Morgan fingerprint density at radius 3 is 2.88 bits per heavy atom. The predicted octanol–water partition coefficient (Wildman–Crippen LogP) is 1.62. The van der Waals surface area contributed by atoms with Gasteiger partial charge in [-0.3, -0.25) is 9.59 Å². The molecule has 0 saturated carbocycles. The average Bonchev–Trinajstić information content (AvgIpc) is 2.29. The van der Waals surface area contributed by atoms with E-state index in [4.69, 9.17) is 0 Å². The van der Waals surface area contributed by atoms with Gasteiger partial charge in [-0.1, -0.05) is 15.9 Å². The Bertz CT molecular complexity index is 403. The van der Waals surface area contributed by atoms with E-state index in [1.165, 1.54) is 12.3 Å². The summed E-state index contributed by atoms with van der Waals surface area (Å²) in [5, 5.41) is 0.867. The molecule has 4 nitrogen and oxygen atoms in total. The maximum Gasteiger partial charge on any atom is 0.254 e. The van der Waals surface area contributed by atoms with Crippen molar-refractivity contribution < 1.29 is 4.79 Å². The first-order valence-electron chi connectivity index (χ1n) is 5.23. The van der Waals surface area contributed by atoms with E-state index in [1.807, 2.05) is 6.92 Å². The third-order valence-corrected chi connectivity index (χ3v) is 2.81. The van der Waals surface area contributed by atoms with Crippen LogP contribution < -0.4 is 5.56 Å². The highest BCUT2D eigenvalue weighted by Gasteiger charge is 2.13. The number of rotatable bonds is 5. The monoisotopic (exact) mass is 286 g/mol. The highest BCUT2D eigenvalue weighted by Crippen LogP contribution is 2.03. The molecule has 1 aromatic rings. The van der Waals surface area contributed by atoms with E-state index in [1.54, 1.807) is 11.0 Å². The molecule has 1 rings (SSSR count). The Kier molecular flexibility index (Phi) is 5.25. The van der Waals surface area contributed by atoms with E-state index >= 15 is 0 Å². The third-order valence-electron chi connectivity index (χ3n) is 2.25.